The van der Waals surface area contributed by atoms with Gasteiger partial charge in [-0.05, 0) is 60.3 Å². The van der Waals surface area contributed by atoms with E-state index in [-0.39, 0.29) is 33.5 Å². The van der Waals surface area contributed by atoms with Crippen LogP contribution in [0.15, 0.2) is 63.9 Å². The molecule has 0 saturated carbocycles. The molecule has 2 aromatic carbocycles. The molecular formula is C22H12ClF4NO4S. The van der Waals surface area contributed by atoms with Gasteiger partial charge in [0, 0.05) is 22.2 Å². The van der Waals surface area contributed by atoms with Gasteiger partial charge >= 0.3 is 6.36 Å². The van der Waals surface area contributed by atoms with Gasteiger partial charge in [0.2, 0.25) is 0 Å². The van der Waals surface area contributed by atoms with Crippen molar-refractivity contribution in [3.05, 3.63) is 81.7 Å². The maximum atomic E-state index is 14.0. The molecule has 1 fully saturated rings. The number of thioether (sulfide) groups is 1. The van der Waals surface area contributed by atoms with Gasteiger partial charge in [-0.25, -0.2) is 4.39 Å². The first-order valence-corrected chi connectivity index (χ1v) is 10.4. The van der Waals surface area contributed by atoms with E-state index in [2.05, 4.69) is 4.74 Å². The summed E-state index contributed by atoms with van der Waals surface area (Å²) in [5.74, 6) is -1.06. The molecule has 5 nitrogen and oxygen atoms in total. The van der Waals surface area contributed by atoms with Gasteiger partial charge in [0.1, 0.15) is 23.1 Å². The zero-order valence-corrected chi connectivity index (χ0v) is 17.9. The Labute approximate surface area is 193 Å². The number of hydrogen-bond donors (Lipinski definition) is 0. The summed E-state index contributed by atoms with van der Waals surface area (Å²) in [4.78, 5) is 25.9. The first-order valence-electron chi connectivity index (χ1n) is 9.25. The third-order valence-electron chi connectivity index (χ3n) is 4.52. The van der Waals surface area contributed by atoms with Crippen LogP contribution in [0.25, 0.3) is 17.4 Å². The van der Waals surface area contributed by atoms with Crippen LogP contribution in [0.2, 0.25) is 5.02 Å². The maximum Gasteiger partial charge on any atom is 0.573 e. The van der Waals surface area contributed by atoms with E-state index >= 15 is 0 Å². The van der Waals surface area contributed by atoms with E-state index in [9.17, 15) is 27.2 Å². The number of carbonyl (C=O) groups excluding carboxylic acids is 2. The number of amides is 2. The van der Waals surface area contributed by atoms with Crippen LogP contribution in [0.3, 0.4) is 0 Å². The summed E-state index contributed by atoms with van der Waals surface area (Å²) in [6.45, 7) is -0.316. The minimum Gasteiger partial charge on any atom is -0.457 e. The molecule has 2 heterocycles. The van der Waals surface area contributed by atoms with Crippen LogP contribution in [0, 0.1) is 5.82 Å². The van der Waals surface area contributed by atoms with E-state index in [0.717, 1.165) is 17.0 Å². The van der Waals surface area contributed by atoms with Gasteiger partial charge < -0.3 is 9.15 Å². The molecule has 11 heteroatoms. The van der Waals surface area contributed by atoms with Gasteiger partial charge in [-0.2, -0.15) is 0 Å². The van der Waals surface area contributed by atoms with Crippen molar-refractivity contribution in [3.8, 4) is 17.1 Å². The van der Waals surface area contributed by atoms with E-state index < -0.39 is 23.3 Å². The number of alkyl halides is 3. The predicted molar refractivity (Wildman–Crippen MR) is 114 cm³/mol. The summed E-state index contributed by atoms with van der Waals surface area (Å²) in [5, 5.41) is -0.488. The highest BCUT2D eigenvalue weighted by Gasteiger charge is 2.36. The van der Waals surface area contributed by atoms with Gasteiger partial charge in [-0.3, -0.25) is 14.5 Å². The van der Waals surface area contributed by atoms with Crippen LogP contribution in [0.5, 0.6) is 5.75 Å². The lowest BCUT2D eigenvalue weighted by Crippen LogP contribution is -2.28. The Bertz CT molecular complexity index is 1230. The third kappa shape index (κ3) is 5.23. The number of hydrogen-bond acceptors (Lipinski definition) is 5. The Kier molecular flexibility index (Phi) is 6.22. The first kappa shape index (κ1) is 22.9. The molecule has 0 aliphatic carbocycles. The summed E-state index contributed by atoms with van der Waals surface area (Å²) in [5.41, 5.74) is 0.507. The fourth-order valence-electron chi connectivity index (χ4n) is 3.01. The fraction of sp³-hybridized carbons (Fsp3) is 0.0909. The second-order valence-electron chi connectivity index (χ2n) is 6.74. The number of rotatable bonds is 5. The molecule has 0 spiro atoms. The molecule has 0 bridgehead atoms. The van der Waals surface area contributed by atoms with Gasteiger partial charge in [0.15, 0.2) is 0 Å². The summed E-state index contributed by atoms with van der Waals surface area (Å²) in [6.07, 6.45) is -3.43. The largest absolute Gasteiger partial charge is 0.573 e. The van der Waals surface area contributed by atoms with E-state index in [1.165, 1.54) is 42.5 Å². The fourth-order valence-corrected chi connectivity index (χ4v) is 4.05. The molecule has 0 atom stereocenters. The Morgan fingerprint density at radius 1 is 1.06 bits per heavy atom. The molecule has 2 amide bonds. The molecule has 1 aliphatic heterocycles. The number of ether oxygens (including phenoxy) is 1. The molecule has 1 aliphatic rings. The van der Waals surface area contributed by atoms with E-state index in [1.807, 2.05) is 0 Å². The number of imide groups is 1. The van der Waals surface area contributed by atoms with Crippen molar-refractivity contribution in [2.24, 2.45) is 0 Å². The van der Waals surface area contributed by atoms with Crippen molar-refractivity contribution in [2.75, 3.05) is 0 Å². The number of benzene rings is 2. The zero-order valence-electron chi connectivity index (χ0n) is 16.4. The molecule has 3 aromatic rings. The van der Waals surface area contributed by atoms with Crippen LogP contribution < -0.4 is 4.74 Å². The highest BCUT2D eigenvalue weighted by atomic mass is 35.5. The zero-order chi connectivity index (χ0) is 23.8. The highest BCUT2D eigenvalue weighted by molar-refractivity contribution is 8.18. The van der Waals surface area contributed by atoms with Crippen LogP contribution in [-0.4, -0.2) is 22.4 Å². The molecule has 170 valence electrons. The Morgan fingerprint density at radius 3 is 2.45 bits per heavy atom. The lowest BCUT2D eigenvalue weighted by Gasteiger charge is -2.14. The second kappa shape index (κ2) is 8.95. The van der Waals surface area contributed by atoms with Crippen molar-refractivity contribution in [3.63, 3.8) is 0 Å². The average Bonchev–Trinajstić information content (AvgIpc) is 3.30. The SMILES string of the molecule is O=C1S/C(=C\c2ccc(-c3ccc(OC(F)(F)F)cc3)o2)C(=O)N1Cc1c(F)cccc1Cl. The van der Waals surface area contributed by atoms with Crippen LogP contribution in [0.4, 0.5) is 22.4 Å². The number of nitrogens with zero attached hydrogens (tertiary/aromatic N) is 1. The monoisotopic (exact) mass is 497 g/mol. The standard InChI is InChI=1S/C22H12ClF4NO4S/c23-16-2-1-3-17(24)15(16)11-28-20(29)19(33-21(28)30)10-14-8-9-18(31-14)12-4-6-13(7-5-12)32-22(25,26)27/h1-10H,11H2/b19-10-. The first-order chi connectivity index (χ1) is 15.6. The van der Waals surface area contributed by atoms with Crippen molar-refractivity contribution in [1.82, 2.24) is 4.90 Å². The third-order valence-corrected chi connectivity index (χ3v) is 5.79. The van der Waals surface area contributed by atoms with Crippen LogP contribution in [-0.2, 0) is 11.3 Å². The van der Waals surface area contributed by atoms with Crippen molar-refractivity contribution >= 4 is 40.6 Å². The Balaban J connectivity index is 1.50. The minimum atomic E-state index is -4.79. The van der Waals surface area contributed by atoms with Gasteiger partial charge in [0.25, 0.3) is 11.1 Å². The van der Waals surface area contributed by atoms with Crippen molar-refractivity contribution in [2.45, 2.75) is 12.9 Å². The average molecular weight is 498 g/mol. The topological polar surface area (TPSA) is 59.8 Å². The Morgan fingerprint density at radius 2 is 1.79 bits per heavy atom. The number of furan rings is 1. The summed E-state index contributed by atoms with van der Waals surface area (Å²) >= 11 is 6.65. The lowest BCUT2D eigenvalue weighted by atomic mass is 10.2. The van der Waals surface area contributed by atoms with Gasteiger partial charge in [0.05, 0.1) is 11.4 Å². The Hall–Kier alpha value is -3.24. The van der Waals surface area contributed by atoms with Gasteiger partial charge in [-0.1, -0.05) is 17.7 Å². The quantitative estimate of drug-likeness (QED) is 0.284. The molecule has 1 aromatic heterocycles. The number of halogens is 5. The van der Waals surface area contributed by atoms with E-state index in [4.69, 9.17) is 16.0 Å². The van der Waals surface area contributed by atoms with Crippen molar-refractivity contribution < 1.29 is 36.3 Å². The molecule has 33 heavy (non-hydrogen) atoms. The number of carbonyl (C=O) groups is 2. The highest BCUT2D eigenvalue weighted by Crippen LogP contribution is 2.35. The molecule has 0 N–H and O–H groups in total. The van der Waals surface area contributed by atoms with E-state index in [0.29, 0.717) is 23.1 Å². The smallest absolute Gasteiger partial charge is 0.457 e. The minimum absolute atomic E-state index is 0.0287. The normalized spacial score (nSPS) is 15.5. The predicted octanol–water partition coefficient (Wildman–Crippen LogP) is 6.87. The molecule has 0 unspecified atom stereocenters. The summed E-state index contributed by atoms with van der Waals surface area (Å²) < 4.78 is 60.3. The van der Waals surface area contributed by atoms with Gasteiger partial charge in [-0.15, -0.1) is 13.2 Å². The maximum absolute atomic E-state index is 14.0. The lowest BCUT2D eigenvalue weighted by molar-refractivity contribution is -0.274. The molecule has 1 saturated heterocycles. The van der Waals surface area contributed by atoms with E-state index in [1.54, 1.807) is 6.07 Å². The summed E-state index contributed by atoms with van der Waals surface area (Å²) in [7, 11) is 0. The summed E-state index contributed by atoms with van der Waals surface area (Å²) in [6, 6.07) is 12.2. The van der Waals surface area contributed by atoms with Crippen molar-refractivity contribution in [1.29, 1.82) is 0 Å². The second-order valence-corrected chi connectivity index (χ2v) is 8.14. The molecule has 0 radical (unpaired) electrons. The molecule has 4 rings (SSSR count). The van der Waals surface area contributed by atoms with Crippen LogP contribution >= 0.6 is 23.4 Å². The molecular weight excluding hydrogens is 486 g/mol. The van der Waals surface area contributed by atoms with Crippen LogP contribution in [0.1, 0.15) is 11.3 Å².